The maximum Gasteiger partial charge on any atom is 0.317 e. The van der Waals surface area contributed by atoms with Crippen LogP contribution in [-0.4, -0.2) is 66.2 Å². The fourth-order valence-corrected chi connectivity index (χ4v) is 3.87. The molecule has 0 bridgehead atoms. The van der Waals surface area contributed by atoms with E-state index in [0.717, 1.165) is 63.7 Å². The van der Waals surface area contributed by atoms with Gasteiger partial charge in [0.2, 0.25) is 0 Å². The lowest BCUT2D eigenvalue weighted by Crippen LogP contribution is -2.46. The van der Waals surface area contributed by atoms with Crippen LogP contribution in [0.15, 0.2) is 12.4 Å². The number of carbonyl (C=O) groups excluding carboxylic acids is 1. The zero-order valence-corrected chi connectivity index (χ0v) is 13.4. The second-order valence-corrected chi connectivity index (χ2v) is 6.57. The third kappa shape index (κ3) is 2.92. The molecule has 1 N–H and O–H groups in total. The first-order valence-corrected chi connectivity index (χ1v) is 8.68. The van der Waals surface area contributed by atoms with Crippen molar-refractivity contribution in [3.63, 3.8) is 0 Å². The third-order valence-corrected chi connectivity index (χ3v) is 5.19. The quantitative estimate of drug-likeness (QED) is 0.904. The zero-order valence-electron chi connectivity index (χ0n) is 13.4. The van der Waals surface area contributed by atoms with E-state index in [2.05, 4.69) is 31.2 Å². The molecule has 3 fully saturated rings. The van der Waals surface area contributed by atoms with Crippen molar-refractivity contribution in [2.45, 2.75) is 31.7 Å². The number of nitrogens with one attached hydrogen (secondary N) is 1. The van der Waals surface area contributed by atoms with E-state index >= 15 is 0 Å². The molecule has 4 rings (SSSR count). The average Bonchev–Trinajstić information content (AvgIpc) is 3.27. The molecule has 0 aliphatic carbocycles. The molecule has 0 spiro atoms. The van der Waals surface area contributed by atoms with Crippen molar-refractivity contribution in [3.8, 4) is 0 Å². The Morgan fingerprint density at radius 1 is 0.957 bits per heavy atom. The number of anilines is 2. The summed E-state index contributed by atoms with van der Waals surface area (Å²) in [5.74, 6) is 2.07. The number of carbonyl (C=O) groups is 1. The van der Waals surface area contributed by atoms with E-state index < -0.39 is 0 Å². The van der Waals surface area contributed by atoms with Gasteiger partial charge in [-0.05, 0) is 25.7 Å². The Bertz CT molecular complexity index is 565. The maximum absolute atomic E-state index is 11.8. The minimum atomic E-state index is 0.0989. The van der Waals surface area contributed by atoms with Crippen LogP contribution in [0.4, 0.5) is 16.4 Å². The van der Waals surface area contributed by atoms with Crippen molar-refractivity contribution < 1.29 is 4.79 Å². The van der Waals surface area contributed by atoms with Gasteiger partial charge in [0.05, 0.1) is 0 Å². The molecule has 3 aliphatic rings. The maximum atomic E-state index is 11.8. The van der Waals surface area contributed by atoms with Gasteiger partial charge in [0.1, 0.15) is 18.0 Å². The Balaban J connectivity index is 1.40. The van der Waals surface area contributed by atoms with E-state index in [1.807, 2.05) is 4.90 Å². The Kier molecular flexibility index (Phi) is 3.93. The third-order valence-electron chi connectivity index (χ3n) is 5.19. The van der Waals surface area contributed by atoms with Gasteiger partial charge < -0.3 is 20.0 Å². The summed E-state index contributed by atoms with van der Waals surface area (Å²) in [4.78, 5) is 27.3. The highest BCUT2D eigenvalue weighted by Gasteiger charge is 2.31. The molecule has 0 saturated carbocycles. The van der Waals surface area contributed by atoms with Crippen LogP contribution in [0, 0.1) is 0 Å². The van der Waals surface area contributed by atoms with Gasteiger partial charge in [0.15, 0.2) is 0 Å². The summed E-state index contributed by atoms with van der Waals surface area (Å²) in [6.45, 7) is 5.72. The minimum Gasteiger partial charge on any atom is -0.356 e. The molecule has 23 heavy (non-hydrogen) atoms. The first kappa shape index (κ1) is 14.5. The highest BCUT2D eigenvalue weighted by atomic mass is 16.2. The standard InChI is InChI=1S/C16H24N6O/c23-16-17-5-10-22(16)13-3-8-21(9-4-13)15-11-14(18-12-19-15)20-6-1-2-7-20/h11-13H,1-10H2,(H,17,23). The van der Waals surface area contributed by atoms with Crippen LogP contribution >= 0.6 is 0 Å². The van der Waals surface area contributed by atoms with Crippen LogP contribution in [0.2, 0.25) is 0 Å². The molecule has 0 unspecified atom stereocenters. The molecule has 124 valence electrons. The molecule has 0 radical (unpaired) electrons. The molecule has 4 heterocycles. The van der Waals surface area contributed by atoms with Crippen LogP contribution in [0.1, 0.15) is 25.7 Å². The van der Waals surface area contributed by atoms with Crippen molar-refractivity contribution in [2.75, 3.05) is 49.1 Å². The van der Waals surface area contributed by atoms with E-state index in [1.54, 1.807) is 6.33 Å². The van der Waals surface area contributed by atoms with Crippen LogP contribution < -0.4 is 15.1 Å². The summed E-state index contributed by atoms with van der Waals surface area (Å²) in [7, 11) is 0. The SMILES string of the molecule is O=C1NCCN1C1CCN(c2cc(N3CCCC3)ncn2)CC1. The summed E-state index contributed by atoms with van der Waals surface area (Å²) >= 11 is 0. The normalized spacial score (nSPS) is 22.8. The molecule has 3 saturated heterocycles. The molecule has 0 atom stereocenters. The summed E-state index contributed by atoms with van der Waals surface area (Å²) in [5, 5.41) is 2.90. The first-order valence-electron chi connectivity index (χ1n) is 8.68. The molecular formula is C16H24N6O. The topological polar surface area (TPSA) is 64.6 Å². The van der Waals surface area contributed by atoms with Crippen molar-refractivity contribution in [2.24, 2.45) is 0 Å². The van der Waals surface area contributed by atoms with Gasteiger partial charge in [-0.2, -0.15) is 0 Å². The summed E-state index contributed by atoms with van der Waals surface area (Å²) < 4.78 is 0. The Morgan fingerprint density at radius 3 is 2.22 bits per heavy atom. The van der Waals surface area contributed by atoms with E-state index in [-0.39, 0.29) is 6.03 Å². The largest absolute Gasteiger partial charge is 0.356 e. The predicted molar refractivity (Wildman–Crippen MR) is 88.8 cm³/mol. The Morgan fingerprint density at radius 2 is 1.61 bits per heavy atom. The summed E-state index contributed by atoms with van der Waals surface area (Å²) in [6.07, 6.45) is 6.21. The highest BCUT2D eigenvalue weighted by molar-refractivity contribution is 5.76. The number of urea groups is 1. The first-order chi connectivity index (χ1) is 11.3. The molecule has 0 aromatic carbocycles. The molecule has 1 aromatic rings. The van der Waals surface area contributed by atoms with Gasteiger partial charge in [-0.25, -0.2) is 14.8 Å². The number of piperidine rings is 1. The molecule has 3 aliphatic heterocycles. The lowest BCUT2D eigenvalue weighted by Gasteiger charge is -2.36. The van der Waals surface area contributed by atoms with Crippen molar-refractivity contribution in [3.05, 3.63) is 12.4 Å². The Labute approximate surface area is 136 Å². The lowest BCUT2D eigenvalue weighted by molar-refractivity contribution is 0.186. The molecule has 1 aromatic heterocycles. The van der Waals surface area contributed by atoms with E-state index in [4.69, 9.17) is 0 Å². The second kappa shape index (κ2) is 6.22. The van der Waals surface area contributed by atoms with Gasteiger partial charge in [-0.1, -0.05) is 0 Å². The fourth-order valence-electron chi connectivity index (χ4n) is 3.87. The zero-order chi connectivity index (χ0) is 15.6. The number of nitrogens with zero attached hydrogens (tertiary/aromatic N) is 5. The molecule has 2 amide bonds. The summed E-state index contributed by atoms with van der Waals surface area (Å²) in [6, 6.07) is 2.59. The van der Waals surface area contributed by atoms with Crippen molar-refractivity contribution in [1.82, 2.24) is 20.2 Å². The second-order valence-electron chi connectivity index (χ2n) is 6.57. The Hall–Kier alpha value is -2.05. The molecule has 7 nitrogen and oxygen atoms in total. The smallest absolute Gasteiger partial charge is 0.317 e. The highest BCUT2D eigenvalue weighted by Crippen LogP contribution is 2.25. The van der Waals surface area contributed by atoms with E-state index in [9.17, 15) is 4.79 Å². The van der Waals surface area contributed by atoms with E-state index in [0.29, 0.717) is 6.04 Å². The number of rotatable bonds is 3. The predicted octanol–water partition coefficient (Wildman–Crippen LogP) is 1.07. The van der Waals surface area contributed by atoms with Gasteiger partial charge in [0.25, 0.3) is 0 Å². The van der Waals surface area contributed by atoms with Crippen LogP contribution in [0.5, 0.6) is 0 Å². The average molecular weight is 316 g/mol. The number of hydrogen-bond donors (Lipinski definition) is 1. The molecule has 7 heteroatoms. The van der Waals surface area contributed by atoms with Crippen LogP contribution in [-0.2, 0) is 0 Å². The number of hydrogen-bond acceptors (Lipinski definition) is 5. The van der Waals surface area contributed by atoms with Gasteiger partial charge in [-0.3, -0.25) is 0 Å². The molecular weight excluding hydrogens is 292 g/mol. The lowest BCUT2D eigenvalue weighted by atomic mass is 10.0. The van der Waals surface area contributed by atoms with Crippen LogP contribution in [0.3, 0.4) is 0 Å². The van der Waals surface area contributed by atoms with Gasteiger partial charge in [-0.15, -0.1) is 0 Å². The van der Waals surface area contributed by atoms with Gasteiger partial charge in [0, 0.05) is 51.4 Å². The van der Waals surface area contributed by atoms with Crippen molar-refractivity contribution in [1.29, 1.82) is 0 Å². The minimum absolute atomic E-state index is 0.0989. The van der Waals surface area contributed by atoms with Crippen molar-refractivity contribution >= 4 is 17.7 Å². The number of aromatic nitrogens is 2. The number of amides is 2. The van der Waals surface area contributed by atoms with Crippen LogP contribution in [0.25, 0.3) is 0 Å². The fraction of sp³-hybridized carbons (Fsp3) is 0.688. The van der Waals surface area contributed by atoms with Gasteiger partial charge >= 0.3 is 6.03 Å². The summed E-state index contributed by atoms with van der Waals surface area (Å²) in [5.41, 5.74) is 0. The monoisotopic (exact) mass is 316 g/mol. The van der Waals surface area contributed by atoms with E-state index in [1.165, 1.54) is 12.8 Å².